The highest BCUT2D eigenvalue weighted by molar-refractivity contribution is 5.95. The number of fused-ring (bicyclic) bond motifs is 2. The number of Topliss-reactive ketones (excluding diaryl/α,β-unsaturated/α-hetero) is 1. The molecular weight excluding hydrogens is 292 g/mol. The van der Waals surface area contributed by atoms with Crippen molar-refractivity contribution in [1.82, 2.24) is 0 Å². The van der Waals surface area contributed by atoms with Gasteiger partial charge in [0.2, 0.25) is 0 Å². The van der Waals surface area contributed by atoms with Gasteiger partial charge in [0.25, 0.3) is 0 Å². The first-order valence-electron chi connectivity index (χ1n) is 7.68. The zero-order valence-electron chi connectivity index (χ0n) is 13.1. The molecule has 4 heteroatoms. The van der Waals surface area contributed by atoms with Crippen LogP contribution in [0.15, 0.2) is 48.5 Å². The van der Waals surface area contributed by atoms with Gasteiger partial charge in [0, 0.05) is 18.1 Å². The van der Waals surface area contributed by atoms with Crippen LogP contribution < -0.4 is 4.74 Å². The fourth-order valence-electron chi connectivity index (χ4n) is 2.95. The zero-order valence-corrected chi connectivity index (χ0v) is 13.1. The summed E-state index contributed by atoms with van der Waals surface area (Å²) in [5.41, 5.74) is 1.61. The second kappa shape index (κ2) is 6.24. The highest BCUT2D eigenvalue weighted by Gasteiger charge is 2.36. The molecule has 0 amide bonds. The van der Waals surface area contributed by atoms with E-state index in [0.29, 0.717) is 17.9 Å². The summed E-state index contributed by atoms with van der Waals surface area (Å²) in [6.45, 7) is 3.16. The molecule has 3 rings (SSSR count). The van der Waals surface area contributed by atoms with Crippen molar-refractivity contribution in [2.75, 3.05) is 0 Å². The van der Waals surface area contributed by atoms with E-state index in [1.165, 1.54) is 6.92 Å². The molecule has 1 heterocycles. The van der Waals surface area contributed by atoms with Crippen LogP contribution >= 0.6 is 0 Å². The van der Waals surface area contributed by atoms with Crippen LogP contribution in [0.25, 0.3) is 0 Å². The van der Waals surface area contributed by atoms with Gasteiger partial charge in [0.05, 0.1) is 5.92 Å². The number of hydrogen-bond acceptors (Lipinski definition) is 4. The van der Waals surface area contributed by atoms with Gasteiger partial charge in [0.1, 0.15) is 11.5 Å². The lowest BCUT2D eigenvalue weighted by molar-refractivity contribution is -0.153. The molecule has 2 aromatic rings. The van der Waals surface area contributed by atoms with Crippen LogP contribution in [0.4, 0.5) is 0 Å². The minimum absolute atomic E-state index is 0.120. The van der Waals surface area contributed by atoms with Gasteiger partial charge in [-0.2, -0.15) is 0 Å². The molecule has 0 spiro atoms. The number of para-hydroxylation sites is 2. The Morgan fingerprint density at radius 1 is 1.04 bits per heavy atom. The van der Waals surface area contributed by atoms with E-state index in [9.17, 15) is 9.59 Å². The Kier molecular flexibility index (Phi) is 4.15. The van der Waals surface area contributed by atoms with Crippen LogP contribution in [0.2, 0.25) is 0 Å². The molecule has 2 aromatic carbocycles. The van der Waals surface area contributed by atoms with E-state index in [2.05, 4.69) is 0 Å². The molecule has 0 bridgehead atoms. The van der Waals surface area contributed by atoms with Crippen molar-refractivity contribution in [2.45, 2.75) is 32.3 Å². The van der Waals surface area contributed by atoms with E-state index < -0.39 is 18.0 Å². The summed E-state index contributed by atoms with van der Waals surface area (Å²) in [5.74, 6) is 0.287. The molecule has 1 aliphatic rings. The highest BCUT2D eigenvalue weighted by Crippen LogP contribution is 2.44. The molecule has 0 radical (unpaired) electrons. The summed E-state index contributed by atoms with van der Waals surface area (Å²) < 4.78 is 11.1. The third-order valence-corrected chi connectivity index (χ3v) is 3.96. The average molecular weight is 310 g/mol. The number of rotatable bonds is 4. The van der Waals surface area contributed by atoms with E-state index in [1.807, 2.05) is 55.5 Å². The first-order valence-corrected chi connectivity index (χ1v) is 7.68. The lowest BCUT2D eigenvalue weighted by Crippen LogP contribution is -2.32. The molecule has 0 N–H and O–H groups in total. The van der Waals surface area contributed by atoms with Gasteiger partial charge >= 0.3 is 5.97 Å². The van der Waals surface area contributed by atoms with Gasteiger partial charge < -0.3 is 9.47 Å². The number of benzene rings is 2. The molecule has 23 heavy (non-hydrogen) atoms. The van der Waals surface area contributed by atoms with Gasteiger partial charge in [-0.15, -0.1) is 0 Å². The summed E-state index contributed by atoms with van der Waals surface area (Å²) >= 11 is 0. The van der Waals surface area contributed by atoms with Gasteiger partial charge in [0.15, 0.2) is 11.9 Å². The first kappa shape index (κ1) is 15.3. The van der Waals surface area contributed by atoms with Crippen LogP contribution in [-0.2, 0) is 14.3 Å². The van der Waals surface area contributed by atoms with Crippen molar-refractivity contribution < 1.29 is 19.1 Å². The molecule has 0 saturated carbocycles. The third-order valence-electron chi connectivity index (χ3n) is 3.96. The second-order valence-electron chi connectivity index (χ2n) is 5.52. The predicted molar refractivity (Wildman–Crippen MR) is 85.7 cm³/mol. The van der Waals surface area contributed by atoms with Crippen molar-refractivity contribution in [3.05, 3.63) is 59.7 Å². The van der Waals surface area contributed by atoms with Crippen molar-refractivity contribution >= 4 is 11.8 Å². The second-order valence-corrected chi connectivity index (χ2v) is 5.52. The zero-order chi connectivity index (χ0) is 16.4. The van der Waals surface area contributed by atoms with E-state index in [4.69, 9.17) is 9.47 Å². The average Bonchev–Trinajstić information content (AvgIpc) is 2.56. The summed E-state index contributed by atoms with van der Waals surface area (Å²) in [6.07, 6.45) is -0.308. The maximum Gasteiger partial charge on any atom is 0.303 e. The summed E-state index contributed by atoms with van der Waals surface area (Å²) in [7, 11) is 0. The van der Waals surface area contributed by atoms with E-state index in [0.717, 1.165) is 11.1 Å². The van der Waals surface area contributed by atoms with Gasteiger partial charge in [-0.05, 0) is 18.6 Å². The Morgan fingerprint density at radius 2 is 1.57 bits per heavy atom. The van der Waals surface area contributed by atoms with Crippen LogP contribution in [0.5, 0.6) is 11.5 Å². The third kappa shape index (κ3) is 2.84. The molecule has 118 valence electrons. The van der Waals surface area contributed by atoms with Crippen molar-refractivity contribution in [1.29, 1.82) is 0 Å². The maximum absolute atomic E-state index is 13.1. The number of carbonyl (C=O) groups excluding carboxylic acids is 2. The van der Waals surface area contributed by atoms with Crippen molar-refractivity contribution in [3.63, 3.8) is 0 Å². The van der Waals surface area contributed by atoms with Crippen LogP contribution in [0.1, 0.15) is 37.3 Å². The van der Waals surface area contributed by atoms with Gasteiger partial charge in [-0.25, -0.2) is 0 Å². The Morgan fingerprint density at radius 3 is 2.04 bits per heavy atom. The Labute approximate surface area is 135 Å². The first-order chi connectivity index (χ1) is 11.1. The van der Waals surface area contributed by atoms with Crippen LogP contribution in [0.3, 0.4) is 0 Å². The molecular formula is C19H18O4. The fourth-order valence-corrected chi connectivity index (χ4v) is 2.95. The van der Waals surface area contributed by atoms with Crippen LogP contribution in [-0.4, -0.2) is 17.9 Å². The molecule has 0 fully saturated rings. The van der Waals surface area contributed by atoms with Gasteiger partial charge in [-0.1, -0.05) is 43.3 Å². The molecule has 1 unspecified atom stereocenters. The van der Waals surface area contributed by atoms with Crippen molar-refractivity contribution in [2.24, 2.45) is 0 Å². The van der Waals surface area contributed by atoms with E-state index >= 15 is 0 Å². The Bertz CT molecular complexity index is 705. The molecule has 0 aromatic heterocycles. The minimum Gasteiger partial charge on any atom is -0.457 e. The van der Waals surface area contributed by atoms with E-state index in [1.54, 1.807) is 0 Å². The SMILES string of the molecule is CCC(OC(C)=O)C(=O)C1c2ccccc2Oc2ccccc21. The highest BCUT2D eigenvalue weighted by atomic mass is 16.5. The fraction of sp³-hybridized carbons (Fsp3) is 0.263. The van der Waals surface area contributed by atoms with Crippen LogP contribution in [0, 0.1) is 0 Å². The Hall–Kier alpha value is -2.62. The normalized spacial score (nSPS) is 14.2. The van der Waals surface area contributed by atoms with Crippen molar-refractivity contribution in [3.8, 4) is 11.5 Å². The number of carbonyl (C=O) groups is 2. The smallest absolute Gasteiger partial charge is 0.303 e. The summed E-state index contributed by atoms with van der Waals surface area (Å²) in [6, 6.07) is 15.0. The Balaban J connectivity index is 2.07. The minimum atomic E-state index is -0.753. The number of ketones is 1. The van der Waals surface area contributed by atoms with E-state index in [-0.39, 0.29) is 5.78 Å². The summed E-state index contributed by atoms with van der Waals surface area (Å²) in [5, 5.41) is 0. The predicted octanol–water partition coefficient (Wildman–Crippen LogP) is 3.84. The molecule has 1 aliphatic heterocycles. The topological polar surface area (TPSA) is 52.6 Å². The number of ether oxygens (including phenoxy) is 2. The summed E-state index contributed by atoms with van der Waals surface area (Å²) in [4.78, 5) is 24.3. The standard InChI is InChI=1S/C19H18O4/c1-3-15(22-12(2)20)19(21)18-13-8-4-6-10-16(13)23-17-11-7-5-9-14(17)18/h4-11,15,18H,3H2,1-2H3. The lowest BCUT2D eigenvalue weighted by atomic mass is 9.82. The maximum atomic E-state index is 13.1. The lowest BCUT2D eigenvalue weighted by Gasteiger charge is -2.29. The molecule has 4 nitrogen and oxygen atoms in total. The monoisotopic (exact) mass is 310 g/mol. The molecule has 0 saturated heterocycles. The van der Waals surface area contributed by atoms with Gasteiger partial charge in [-0.3, -0.25) is 9.59 Å². The number of esters is 1. The number of hydrogen-bond donors (Lipinski definition) is 0. The largest absolute Gasteiger partial charge is 0.457 e. The molecule has 1 atom stereocenters. The quantitative estimate of drug-likeness (QED) is 0.805. The molecule has 0 aliphatic carbocycles.